The predicted molar refractivity (Wildman–Crippen MR) is 80.2 cm³/mol. The Balaban J connectivity index is 1.89. The molecule has 0 aliphatic carbocycles. The van der Waals surface area contributed by atoms with Gasteiger partial charge in [0.1, 0.15) is 0 Å². The Labute approximate surface area is 114 Å². The van der Waals surface area contributed by atoms with E-state index in [1.54, 1.807) is 0 Å². The third kappa shape index (κ3) is 3.69. The zero-order valence-corrected chi connectivity index (χ0v) is 12.1. The average molecular weight is 259 g/mol. The highest BCUT2D eigenvalue weighted by atomic mass is 32.1. The van der Waals surface area contributed by atoms with Gasteiger partial charge in [0.15, 0.2) is 0 Å². The highest BCUT2D eigenvalue weighted by Gasteiger charge is 2.11. The Bertz CT molecular complexity index is 475. The van der Waals surface area contributed by atoms with Crippen molar-refractivity contribution in [3.8, 4) is 0 Å². The van der Waals surface area contributed by atoms with Crippen molar-refractivity contribution in [1.82, 2.24) is 5.32 Å². The number of hydrogen-bond acceptors (Lipinski definition) is 2. The van der Waals surface area contributed by atoms with Crippen LogP contribution in [0.2, 0.25) is 0 Å². The van der Waals surface area contributed by atoms with Crippen molar-refractivity contribution >= 4 is 11.3 Å². The minimum atomic E-state index is 0.433. The number of thiophene rings is 1. The molecule has 2 atom stereocenters. The number of hydrogen-bond donors (Lipinski definition) is 1. The summed E-state index contributed by atoms with van der Waals surface area (Å²) < 4.78 is 0. The van der Waals surface area contributed by atoms with Crippen molar-refractivity contribution in [2.45, 2.75) is 39.3 Å². The Kier molecular flexibility index (Phi) is 4.56. The lowest BCUT2D eigenvalue weighted by Crippen LogP contribution is -2.30. The molecular formula is C16H21NS. The van der Waals surface area contributed by atoms with E-state index in [1.807, 2.05) is 11.3 Å². The maximum atomic E-state index is 3.67. The van der Waals surface area contributed by atoms with Gasteiger partial charge in [-0.1, -0.05) is 30.3 Å². The molecule has 1 aromatic heterocycles. The standard InChI is InChI=1S/C16H21NS/c1-12(11-15-7-5-4-6-8-15)17-14(3)16-10-9-13(2)18-16/h4-10,12,14,17H,11H2,1-3H3. The maximum absolute atomic E-state index is 3.67. The first-order valence-electron chi connectivity index (χ1n) is 6.51. The first-order chi connectivity index (χ1) is 8.65. The van der Waals surface area contributed by atoms with E-state index in [-0.39, 0.29) is 0 Å². The summed E-state index contributed by atoms with van der Waals surface area (Å²) in [5.41, 5.74) is 1.40. The first-order valence-corrected chi connectivity index (χ1v) is 7.33. The minimum absolute atomic E-state index is 0.433. The summed E-state index contributed by atoms with van der Waals surface area (Å²) in [6, 6.07) is 16.0. The van der Waals surface area contributed by atoms with Crippen LogP contribution < -0.4 is 5.32 Å². The molecule has 2 heteroatoms. The molecule has 1 nitrogen and oxygen atoms in total. The first kappa shape index (κ1) is 13.3. The lowest BCUT2D eigenvalue weighted by molar-refractivity contribution is 0.482. The van der Waals surface area contributed by atoms with Crippen LogP contribution in [0.5, 0.6) is 0 Å². The Morgan fingerprint density at radius 3 is 2.39 bits per heavy atom. The zero-order valence-electron chi connectivity index (χ0n) is 11.3. The maximum Gasteiger partial charge on any atom is 0.0388 e. The fourth-order valence-electron chi connectivity index (χ4n) is 2.22. The zero-order chi connectivity index (χ0) is 13.0. The Hall–Kier alpha value is -1.12. The van der Waals surface area contributed by atoms with Gasteiger partial charge in [-0.05, 0) is 44.9 Å². The van der Waals surface area contributed by atoms with E-state index >= 15 is 0 Å². The van der Waals surface area contributed by atoms with Gasteiger partial charge in [-0.3, -0.25) is 0 Å². The summed E-state index contributed by atoms with van der Waals surface area (Å²) in [6.45, 7) is 6.66. The summed E-state index contributed by atoms with van der Waals surface area (Å²) in [4.78, 5) is 2.81. The molecule has 0 aliphatic rings. The number of nitrogens with one attached hydrogen (secondary N) is 1. The molecule has 0 saturated carbocycles. The van der Waals surface area contributed by atoms with Crippen molar-refractivity contribution in [3.05, 3.63) is 57.8 Å². The summed E-state index contributed by atoms with van der Waals surface area (Å²) >= 11 is 1.88. The normalized spacial score (nSPS) is 14.4. The number of benzene rings is 1. The van der Waals surface area contributed by atoms with Gasteiger partial charge in [0, 0.05) is 21.8 Å². The quantitative estimate of drug-likeness (QED) is 0.842. The summed E-state index contributed by atoms with van der Waals surface area (Å²) in [6.07, 6.45) is 1.08. The van der Waals surface area contributed by atoms with Gasteiger partial charge >= 0.3 is 0 Å². The Morgan fingerprint density at radius 2 is 1.78 bits per heavy atom. The van der Waals surface area contributed by atoms with Gasteiger partial charge < -0.3 is 5.32 Å². The highest BCUT2D eigenvalue weighted by molar-refractivity contribution is 7.12. The van der Waals surface area contributed by atoms with Crippen molar-refractivity contribution in [3.63, 3.8) is 0 Å². The van der Waals surface area contributed by atoms with Gasteiger partial charge in [-0.15, -0.1) is 11.3 Å². The van der Waals surface area contributed by atoms with Crippen LogP contribution in [0.25, 0.3) is 0 Å². The number of rotatable bonds is 5. The molecule has 0 radical (unpaired) electrons. The van der Waals surface area contributed by atoms with E-state index in [1.165, 1.54) is 15.3 Å². The van der Waals surface area contributed by atoms with Crippen LogP contribution in [0.3, 0.4) is 0 Å². The average Bonchev–Trinajstić information content (AvgIpc) is 2.77. The van der Waals surface area contributed by atoms with Crippen molar-refractivity contribution in [1.29, 1.82) is 0 Å². The molecule has 0 aliphatic heterocycles. The Morgan fingerprint density at radius 1 is 1.06 bits per heavy atom. The molecule has 1 aromatic carbocycles. The van der Waals surface area contributed by atoms with E-state index < -0.39 is 0 Å². The van der Waals surface area contributed by atoms with Crippen LogP contribution in [-0.2, 0) is 6.42 Å². The van der Waals surface area contributed by atoms with Gasteiger partial charge in [-0.25, -0.2) is 0 Å². The highest BCUT2D eigenvalue weighted by Crippen LogP contribution is 2.22. The van der Waals surface area contributed by atoms with E-state index in [9.17, 15) is 0 Å². The van der Waals surface area contributed by atoms with Crippen molar-refractivity contribution in [2.24, 2.45) is 0 Å². The lowest BCUT2D eigenvalue weighted by Gasteiger charge is -2.19. The minimum Gasteiger partial charge on any atom is -0.307 e. The van der Waals surface area contributed by atoms with Gasteiger partial charge in [0.25, 0.3) is 0 Å². The molecule has 96 valence electrons. The molecule has 2 unspecified atom stereocenters. The van der Waals surface area contributed by atoms with Crippen LogP contribution in [0.1, 0.15) is 35.2 Å². The molecular weight excluding hydrogens is 238 g/mol. The predicted octanol–water partition coefficient (Wildman–Crippen LogP) is 4.34. The van der Waals surface area contributed by atoms with Crippen LogP contribution in [0.15, 0.2) is 42.5 Å². The molecule has 0 bridgehead atoms. The summed E-state index contributed by atoms with van der Waals surface area (Å²) in [5.74, 6) is 0. The summed E-state index contributed by atoms with van der Waals surface area (Å²) in [5, 5.41) is 3.67. The third-order valence-corrected chi connectivity index (χ3v) is 4.29. The molecule has 0 spiro atoms. The van der Waals surface area contributed by atoms with Crippen LogP contribution in [0.4, 0.5) is 0 Å². The second kappa shape index (κ2) is 6.17. The fraction of sp³-hybridized carbons (Fsp3) is 0.375. The lowest BCUT2D eigenvalue weighted by atomic mass is 10.1. The van der Waals surface area contributed by atoms with Gasteiger partial charge in [0.2, 0.25) is 0 Å². The van der Waals surface area contributed by atoms with Crippen molar-refractivity contribution < 1.29 is 0 Å². The smallest absolute Gasteiger partial charge is 0.0388 e. The third-order valence-electron chi connectivity index (χ3n) is 3.11. The second-order valence-electron chi connectivity index (χ2n) is 4.93. The van der Waals surface area contributed by atoms with E-state index in [0.717, 1.165) is 6.42 Å². The van der Waals surface area contributed by atoms with E-state index in [4.69, 9.17) is 0 Å². The molecule has 0 amide bonds. The van der Waals surface area contributed by atoms with Gasteiger partial charge in [0.05, 0.1) is 0 Å². The molecule has 1 heterocycles. The topological polar surface area (TPSA) is 12.0 Å². The molecule has 2 rings (SSSR count). The largest absolute Gasteiger partial charge is 0.307 e. The van der Waals surface area contributed by atoms with Crippen LogP contribution >= 0.6 is 11.3 Å². The van der Waals surface area contributed by atoms with Crippen molar-refractivity contribution in [2.75, 3.05) is 0 Å². The molecule has 2 aromatic rings. The summed E-state index contributed by atoms with van der Waals surface area (Å²) in [7, 11) is 0. The number of aryl methyl sites for hydroxylation is 1. The van der Waals surface area contributed by atoms with Crippen LogP contribution in [-0.4, -0.2) is 6.04 Å². The van der Waals surface area contributed by atoms with Crippen LogP contribution in [0, 0.1) is 6.92 Å². The molecule has 18 heavy (non-hydrogen) atoms. The second-order valence-corrected chi connectivity index (χ2v) is 6.25. The SMILES string of the molecule is Cc1ccc(C(C)NC(C)Cc2ccccc2)s1. The van der Waals surface area contributed by atoms with Gasteiger partial charge in [-0.2, -0.15) is 0 Å². The van der Waals surface area contributed by atoms with E-state index in [2.05, 4.69) is 68.6 Å². The molecule has 1 N–H and O–H groups in total. The fourth-order valence-corrected chi connectivity index (χ4v) is 3.11. The monoisotopic (exact) mass is 259 g/mol. The van der Waals surface area contributed by atoms with E-state index in [0.29, 0.717) is 12.1 Å². The molecule has 0 fully saturated rings. The molecule has 0 saturated heterocycles.